The third-order valence-electron chi connectivity index (χ3n) is 3.71. The van der Waals surface area contributed by atoms with E-state index in [1.165, 1.54) is 0 Å². The molecule has 112 valence electrons. The van der Waals surface area contributed by atoms with Crippen LogP contribution in [-0.2, 0) is 10.0 Å². The molecule has 1 unspecified atom stereocenters. The Morgan fingerprint density at radius 2 is 1.90 bits per heavy atom. The van der Waals surface area contributed by atoms with Gasteiger partial charge >= 0.3 is 0 Å². The van der Waals surface area contributed by atoms with Gasteiger partial charge < -0.3 is 10.2 Å². The first kappa shape index (κ1) is 15.1. The molecule has 1 aliphatic heterocycles. The third-order valence-corrected chi connectivity index (χ3v) is 5.51. The van der Waals surface area contributed by atoms with Crippen molar-refractivity contribution in [2.24, 2.45) is 0 Å². The standard InChI is InChI=1S/C14H23N3O2S/c1-3-17(4-2)13-7-5-12(6-8-13)16-20(18,19)14-9-10-15-11-14/h5-8,14-16H,3-4,9-11H2,1-2H3. The van der Waals surface area contributed by atoms with E-state index in [4.69, 9.17) is 0 Å². The molecule has 1 heterocycles. The van der Waals surface area contributed by atoms with Crippen molar-refractivity contribution in [2.75, 3.05) is 35.8 Å². The van der Waals surface area contributed by atoms with Gasteiger partial charge in [-0.15, -0.1) is 0 Å². The lowest BCUT2D eigenvalue weighted by Crippen LogP contribution is -2.29. The van der Waals surface area contributed by atoms with E-state index < -0.39 is 10.0 Å². The summed E-state index contributed by atoms with van der Waals surface area (Å²) in [5, 5.41) is 2.75. The highest BCUT2D eigenvalue weighted by atomic mass is 32.2. The van der Waals surface area contributed by atoms with Crippen LogP contribution in [0, 0.1) is 0 Å². The van der Waals surface area contributed by atoms with Gasteiger partial charge in [0.25, 0.3) is 0 Å². The number of nitrogens with zero attached hydrogens (tertiary/aromatic N) is 1. The summed E-state index contributed by atoms with van der Waals surface area (Å²) < 4.78 is 27.0. The van der Waals surface area contributed by atoms with Crippen LogP contribution in [0.15, 0.2) is 24.3 Å². The van der Waals surface area contributed by atoms with Gasteiger partial charge in [-0.25, -0.2) is 8.42 Å². The Morgan fingerprint density at radius 3 is 2.40 bits per heavy atom. The maximum atomic E-state index is 12.2. The fraction of sp³-hybridized carbons (Fsp3) is 0.571. The van der Waals surface area contributed by atoms with Crippen LogP contribution in [0.2, 0.25) is 0 Å². The number of anilines is 2. The van der Waals surface area contributed by atoms with Gasteiger partial charge in [-0.1, -0.05) is 0 Å². The van der Waals surface area contributed by atoms with Crippen molar-refractivity contribution in [2.45, 2.75) is 25.5 Å². The lowest BCUT2D eigenvalue weighted by atomic mass is 10.2. The van der Waals surface area contributed by atoms with Gasteiger partial charge in [-0.05, 0) is 51.1 Å². The number of benzene rings is 1. The van der Waals surface area contributed by atoms with E-state index in [1.54, 1.807) is 0 Å². The zero-order valence-electron chi connectivity index (χ0n) is 12.1. The Bertz CT molecular complexity index is 518. The van der Waals surface area contributed by atoms with Crippen LogP contribution in [0.25, 0.3) is 0 Å². The SMILES string of the molecule is CCN(CC)c1ccc(NS(=O)(=O)C2CCNC2)cc1. The minimum Gasteiger partial charge on any atom is -0.372 e. The highest BCUT2D eigenvalue weighted by Crippen LogP contribution is 2.20. The number of sulfonamides is 1. The van der Waals surface area contributed by atoms with E-state index in [-0.39, 0.29) is 5.25 Å². The van der Waals surface area contributed by atoms with Crippen molar-refractivity contribution in [3.05, 3.63) is 24.3 Å². The summed E-state index contributed by atoms with van der Waals surface area (Å²) in [5.74, 6) is 0. The van der Waals surface area contributed by atoms with Gasteiger partial charge in [-0.3, -0.25) is 4.72 Å². The van der Waals surface area contributed by atoms with Crippen molar-refractivity contribution in [3.63, 3.8) is 0 Å². The second kappa shape index (κ2) is 6.45. The maximum absolute atomic E-state index is 12.2. The third kappa shape index (κ3) is 3.43. The number of hydrogen-bond donors (Lipinski definition) is 2. The quantitative estimate of drug-likeness (QED) is 0.838. The molecule has 5 nitrogen and oxygen atoms in total. The Morgan fingerprint density at radius 1 is 1.25 bits per heavy atom. The molecule has 20 heavy (non-hydrogen) atoms. The summed E-state index contributed by atoms with van der Waals surface area (Å²) >= 11 is 0. The lowest BCUT2D eigenvalue weighted by molar-refractivity contribution is 0.588. The van der Waals surface area contributed by atoms with Crippen molar-refractivity contribution in [1.29, 1.82) is 0 Å². The largest absolute Gasteiger partial charge is 0.372 e. The van der Waals surface area contributed by atoms with E-state index in [0.717, 1.165) is 25.3 Å². The van der Waals surface area contributed by atoms with Gasteiger partial charge in [0.2, 0.25) is 10.0 Å². The first-order valence-corrected chi connectivity index (χ1v) is 8.68. The molecule has 1 aromatic rings. The predicted molar refractivity (Wildman–Crippen MR) is 83.8 cm³/mol. The number of hydrogen-bond acceptors (Lipinski definition) is 4. The second-order valence-corrected chi connectivity index (χ2v) is 6.94. The molecule has 1 fully saturated rings. The highest BCUT2D eigenvalue weighted by molar-refractivity contribution is 7.93. The monoisotopic (exact) mass is 297 g/mol. The molecule has 1 aliphatic rings. The lowest BCUT2D eigenvalue weighted by Gasteiger charge is -2.21. The van der Waals surface area contributed by atoms with Crippen LogP contribution < -0.4 is 14.9 Å². The fourth-order valence-electron chi connectivity index (χ4n) is 2.47. The number of nitrogens with one attached hydrogen (secondary N) is 2. The highest BCUT2D eigenvalue weighted by Gasteiger charge is 2.28. The average molecular weight is 297 g/mol. The summed E-state index contributed by atoms with van der Waals surface area (Å²) in [7, 11) is -3.28. The van der Waals surface area contributed by atoms with Crippen LogP contribution in [-0.4, -0.2) is 39.8 Å². The smallest absolute Gasteiger partial charge is 0.236 e. The molecular formula is C14H23N3O2S. The molecule has 0 bridgehead atoms. The summed E-state index contributed by atoms with van der Waals surface area (Å²) in [6, 6.07) is 7.57. The van der Waals surface area contributed by atoms with E-state index in [0.29, 0.717) is 18.7 Å². The Labute approximate surface area is 121 Å². The normalized spacial score (nSPS) is 19.0. The molecule has 6 heteroatoms. The topological polar surface area (TPSA) is 61.4 Å². The second-order valence-electron chi connectivity index (χ2n) is 4.98. The van der Waals surface area contributed by atoms with Crippen molar-refractivity contribution in [3.8, 4) is 0 Å². The Hall–Kier alpha value is -1.27. The molecule has 0 aliphatic carbocycles. The molecule has 0 spiro atoms. The van der Waals surface area contributed by atoms with Crippen LogP contribution >= 0.6 is 0 Å². The maximum Gasteiger partial charge on any atom is 0.236 e. The Kier molecular flexibility index (Phi) is 4.88. The zero-order valence-corrected chi connectivity index (χ0v) is 12.9. The molecule has 0 saturated carbocycles. The van der Waals surface area contributed by atoms with Crippen molar-refractivity contribution < 1.29 is 8.42 Å². The average Bonchev–Trinajstić information content (AvgIpc) is 2.96. The van der Waals surface area contributed by atoms with Gasteiger partial charge in [0.05, 0.1) is 5.25 Å². The fourth-order valence-corrected chi connectivity index (χ4v) is 3.87. The minimum absolute atomic E-state index is 0.329. The molecule has 2 N–H and O–H groups in total. The summed E-state index contributed by atoms with van der Waals surface area (Å²) in [6.07, 6.45) is 0.673. The van der Waals surface area contributed by atoms with Gasteiger partial charge in [-0.2, -0.15) is 0 Å². The van der Waals surface area contributed by atoms with Gasteiger partial charge in [0.15, 0.2) is 0 Å². The first-order valence-electron chi connectivity index (χ1n) is 7.14. The number of rotatable bonds is 6. The van der Waals surface area contributed by atoms with Crippen LogP contribution in [0.1, 0.15) is 20.3 Å². The molecule has 2 rings (SSSR count). The summed E-state index contributed by atoms with van der Waals surface area (Å²) in [6.45, 7) is 7.39. The molecule has 0 amide bonds. The summed E-state index contributed by atoms with van der Waals surface area (Å²) in [4.78, 5) is 2.22. The first-order chi connectivity index (χ1) is 9.56. The van der Waals surface area contributed by atoms with Crippen LogP contribution in [0.5, 0.6) is 0 Å². The van der Waals surface area contributed by atoms with E-state index in [2.05, 4.69) is 28.8 Å². The molecule has 1 aromatic carbocycles. The predicted octanol–water partition coefficient (Wildman–Crippen LogP) is 1.64. The van der Waals surface area contributed by atoms with E-state index in [9.17, 15) is 8.42 Å². The van der Waals surface area contributed by atoms with Crippen molar-refractivity contribution >= 4 is 21.4 Å². The molecule has 0 aromatic heterocycles. The van der Waals surface area contributed by atoms with E-state index in [1.807, 2.05) is 24.3 Å². The molecule has 0 radical (unpaired) electrons. The van der Waals surface area contributed by atoms with Crippen LogP contribution in [0.4, 0.5) is 11.4 Å². The molecule has 1 atom stereocenters. The van der Waals surface area contributed by atoms with Crippen molar-refractivity contribution in [1.82, 2.24) is 5.32 Å². The van der Waals surface area contributed by atoms with Gasteiger partial charge in [0, 0.05) is 31.0 Å². The zero-order chi connectivity index (χ0) is 14.6. The van der Waals surface area contributed by atoms with E-state index >= 15 is 0 Å². The van der Waals surface area contributed by atoms with Gasteiger partial charge in [0.1, 0.15) is 0 Å². The molecular weight excluding hydrogens is 274 g/mol. The van der Waals surface area contributed by atoms with Crippen LogP contribution in [0.3, 0.4) is 0 Å². The minimum atomic E-state index is -3.28. The molecule has 1 saturated heterocycles. The summed E-state index contributed by atoms with van der Waals surface area (Å²) in [5.41, 5.74) is 1.74. The Balaban J connectivity index is 2.07.